The standard InChI is InChI=1S/C8H8O2.C3H8.C2H6/c1-6(9)7-2-4-8(10)5-3-7;1-3-2;1-2/h2-5,10H,1H3;3H2,1-2H3;1-2H3. The van der Waals surface area contributed by atoms with Crippen molar-refractivity contribution in [2.24, 2.45) is 0 Å². The highest BCUT2D eigenvalue weighted by atomic mass is 16.3. The van der Waals surface area contributed by atoms with Gasteiger partial charge in [-0.05, 0) is 31.2 Å². The molecule has 86 valence electrons. The molecule has 0 saturated heterocycles. The molecule has 0 aliphatic carbocycles. The van der Waals surface area contributed by atoms with E-state index in [1.165, 1.54) is 25.5 Å². The topological polar surface area (TPSA) is 37.3 Å². The van der Waals surface area contributed by atoms with Crippen LogP contribution in [0.4, 0.5) is 0 Å². The maximum atomic E-state index is 10.7. The van der Waals surface area contributed by atoms with Gasteiger partial charge in [-0.1, -0.05) is 34.1 Å². The highest BCUT2D eigenvalue weighted by molar-refractivity contribution is 5.94. The molecule has 0 fully saturated rings. The van der Waals surface area contributed by atoms with Crippen molar-refractivity contribution in [2.45, 2.75) is 41.0 Å². The predicted molar refractivity (Wildman–Crippen MR) is 65.4 cm³/mol. The zero-order valence-electron chi connectivity index (χ0n) is 10.4. The Labute approximate surface area is 93.0 Å². The summed E-state index contributed by atoms with van der Waals surface area (Å²) in [6.45, 7) is 9.74. The summed E-state index contributed by atoms with van der Waals surface area (Å²) in [4.78, 5) is 10.7. The van der Waals surface area contributed by atoms with Crippen molar-refractivity contribution >= 4 is 5.78 Å². The summed E-state index contributed by atoms with van der Waals surface area (Å²) in [5.41, 5.74) is 0.623. The van der Waals surface area contributed by atoms with Crippen molar-refractivity contribution in [2.75, 3.05) is 0 Å². The molecule has 0 bridgehead atoms. The third kappa shape index (κ3) is 9.01. The van der Waals surface area contributed by atoms with Crippen LogP contribution in [0.3, 0.4) is 0 Å². The predicted octanol–water partition coefficient (Wildman–Crippen LogP) is 4.04. The molecule has 0 aliphatic heterocycles. The molecule has 2 nitrogen and oxygen atoms in total. The first-order valence-corrected chi connectivity index (χ1v) is 5.41. The van der Waals surface area contributed by atoms with Crippen molar-refractivity contribution < 1.29 is 9.90 Å². The van der Waals surface area contributed by atoms with Crippen molar-refractivity contribution in [3.8, 4) is 5.75 Å². The number of Topliss-reactive ketones (excluding diaryl/α,β-unsaturated/α-hetero) is 1. The smallest absolute Gasteiger partial charge is 0.159 e. The van der Waals surface area contributed by atoms with Crippen molar-refractivity contribution in [3.05, 3.63) is 29.8 Å². The maximum Gasteiger partial charge on any atom is 0.159 e. The SMILES string of the molecule is CC.CC(=O)c1ccc(O)cc1.CCC. The Bertz CT molecular complexity index is 250. The number of aromatic hydroxyl groups is 1. The Morgan fingerprint density at radius 3 is 1.73 bits per heavy atom. The Kier molecular flexibility index (Phi) is 11.6. The Morgan fingerprint density at radius 2 is 1.47 bits per heavy atom. The van der Waals surface area contributed by atoms with Crippen molar-refractivity contribution in [1.29, 1.82) is 0 Å². The van der Waals surface area contributed by atoms with E-state index in [9.17, 15) is 4.79 Å². The Hall–Kier alpha value is -1.31. The van der Waals surface area contributed by atoms with E-state index in [0.717, 1.165) is 0 Å². The lowest BCUT2D eigenvalue weighted by atomic mass is 10.1. The molecule has 0 spiro atoms. The Balaban J connectivity index is 0. The lowest BCUT2D eigenvalue weighted by Gasteiger charge is -1.93. The normalized spacial score (nSPS) is 7.80. The second kappa shape index (κ2) is 10.8. The molecule has 0 unspecified atom stereocenters. The van der Waals surface area contributed by atoms with Crippen LogP contribution >= 0.6 is 0 Å². The largest absolute Gasteiger partial charge is 0.508 e. The van der Waals surface area contributed by atoms with Gasteiger partial charge in [-0.3, -0.25) is 4.79 Å². The van der Waals surface area contributed by atoms with Gasteiger partial charge in [0.1, 0.15) is 5.75 Å². The number of phenolic OH excluding ortho intramolecular Hbond substituents is 1. The zero-order valence-corrected chi connectivity index (χ0v) is 10.4. The van der Waals surface area contributed by atoms with Crippen LogP contribution in [0.5, 0.6) is 5.75 Å². The van der Waals surface area contributed by atoms with E-state index in [4.69, 9.17) is 5.11 Å². The summed E-state index contributed by atoms with van der Waals surface area (Å²) >= 11 is 0. The number of phenols is 1. The minimum atomic E-state index is 0.0139. The number of hydrogen-bond donors (Lipinski definition) is 1. The highest BCUT2D eigenvalue weighted by Gasteiger charge is 1.96. The summed E-state index contributed by atoms with van der Waals surface area (Å²) in [5, 5.41) is 8.83. The summed E-state index contributed by atoms with van der Waals surface area (Å²) < 4.78 is 0. The van der Waals surface area contributed by atoms with Crippen molar-refractivity contribution in [1.82, 2.24) is 0 Å². The van der Waals surface area contributed by atoms with Gasteiger partial charge in [-0.2, -0.15) is 0 Å². The summed E-state index contributed by atoms with van der Waals surface area (Å²) in [6.07, 6.45) is 1.25. The van der Waals surface area contributed by atoms with Gasteiger partial charge in [0, 0.05) is 5.56 Å². The molecule has 15 heavy (non-hydrogen) atoms. The third-order valence-corrected chi connectivity index (χ3v) is 1.27. The lowest BCUT2D eigenvalue weighted by molar-refractivity contribution is 0.101. The van der Waals surface area contributed by atoms with Gasteiger partial charge >= 0.3 is 0 Å². The number of ketones is 1. The first kappa shape index (κ1) is 16.1. The molecule has 0 atom stereocenters. The molecule has 1 aromatic rings. The molecule has 0 amide bonds. The fourth-order valence-electron chi connectivity index (χ4n) is 0.696. The molecule has 0 aliphatic rings. The second-order valence-electron chi connectivity index (χ2n) is 2.81. The van der Waals surface area contributed by atoms with Crippen LogP contribution in [-0.2, 0) is 0 Å². The average molecular weight is 210 g/mol. The van der Waals surface area contributed by atoms with E-state index in [2.05, 4.69) is 13.8 Å². The molecule has 0 radical (unpaired) electrons. The number of benzene rings is 1. The highest BCUT2D eigenvalue weighted by Crippen LogP contribution is 2.09. The summed E-state index contributed by atoms with van der Waals surface area (Å²) in [5.74, 6) is 0.199. The van der Waals surface area contributed by atoms with Crippen LogP contribution in [0.25, 0.3) is 0 Å². The summed E-state index contributed by atoms with van der Waals surface area (Å²) in [6, 6.07) is 6.18. The average Bonchev–Trinajstić information content (AvgIpc) is 2.22. The van der Waals surface area contributed by atoms with Crippen LogP contribution in [0.2, 0.25) is 0 Å². The number of carbonyl (C=O) groups excluding carboxylic acids is 1. The minimum Gasteiger partial charge on any atom is -0.508 e. The number of hydrogen-bond acceptors (Lipinski definition) is 2. The number of rotatable bonds is 1. The van der Waals surface area contributed by atoms with Gasteiger partial charge in [-0.25, -0.2) is 0 Å². The van der Waals surface area contributed by atoms with E-state index in [1.54, 1.807) is 12.1 Å². The van der Waals surface area contributed by atoms with E-state index in [0.29, 0.717) is 5.56 Å². The molecule has 0 saturated carbocycles. The third-order valence-electron chi connectivity index (χ3n) is 1.27. The molecular weight excluding hydrogens is 188 g/mol. The van der Waals surface area contributed by atoms with Crippen LogP contribution in [-0.4, -0.2) is 10.9 Å². The second-order valence-corrected chi connectivity index (χ2v) is 2.81. The van der Waals surface area contributed by atoms with Gasteiger partial charge in [0.15, 0.2) is 5.78 Å². The molecule has 0 aromatic heterocycles. The first-order chi connectivity index (χ1) is 7.11. The monoisotopic (exact) mass is 210 g/mol. The van der Waals surface area contributed by atoms with E-state index in [1.807, 2.05) is 13.8 Å². The lowest BCUT2D eigenvalue weighted by Crippen LogP contribution is -1.89. The quantitative estimate of drug-likeness (QED) is 0.710. The van der Waals surface area contributed by atoms with E-state index < -0.39 is 0 Å². The minimum absolute atomic E-state index is 0.0139. The van der Waals surface area contributed by atoms with Crippen molar-refractivity contribution in [3.63, 3.8) is 0 Å². The van der Waals surface area contributed by atoms with Crippen LogP contribution in [0, 0.1) is 0 Å². The van der Waals surface area contributed by atoms with Gasteiger partial charge in [0.05, 0.1) is 0 Å². The molecule has 0 heterocycles. The van der Waals surface area contributed by atoms with Gasteiger partial charge in [-0.15, -0.1) is 0 Å². The van der Waals surface area contributed by atoms with Crippen LogP contribution in [0.15, 0.2) is 24.3 Å². The fraction of sp³-hybridized carbons (Fsp3) is 0.462. The van der Waals surface area contributed by atoms with Gasteiger partial charge < -0.3 is 5.11 Å². The van der Waals surface area contributed by atoms with Crippen LogP contribution in [0.1, 0.15) is 51.4 Å². The zero-order chi connectivity index (χ0) is 12.3. The molecule has 1 aromatic carbocycles. The van der Waals surface area contributed by atoms with E-state index in [-0.39, 0.29) is 11.5 Å². The van der Waals surface area contributed by atoms with E-state index >= 15 is 0 Å². The molecular formula is C13H22O2. The van der Waals surface area contributed by atoms with Gasteiger partial charge in [0.25, 0.3) is 0 Å². The number of carbonyl (C=O) groups is 1. The maximum absolute atomic E-state index is 10.7. The fourth-order valence-corrected chi connectivity index (χ4v) is 0.696. The molecule has 1 rings (SSSR count). The van der Waals surface area contributed by atoms with Crippen LogP contribution < -0.4 is 0 Å². The van der Waals surface area contributed by atoms with Gasteiger partial charge in [0.2, 0.25) is 0 Å². The Morgan fingerprint density at radius 1 is 1.13 bits per heavy atom. The first-order valence-electron chi connectivity index (χ1n) is 5.41. The molecule has 1 N–H and O–H groups in total. The summed E-state index contributed by atoms with van der Waals surface area (Å²) in [7, 11) is 0. The molecule has 2 heteroatoms.